The van der Waals surface area contributed by atoms with Gasteiger partial charge in [0.2, 0.25) is 5.28 Å². The molecule has 0 bridgehead atoms. The summed E-state index contributed by atoms with van der Waals surface area (Å²) in [5.74, 6) is 2.05. The second-order valence-electron chi connectivity index (χ2n) is 5.22. The normalized spacial score (nSPS) is 17.4. The first-order chi connectivity index (χ1) is 10.8. The Bertz CT molecular complexity index is 598. The molecule has 1 aliphatic rings. The minimum atomic E-state index is -0.292. The van der Waals surface area contributed by atoms with Gasteiger partial charge in [-0.05, 0) is 37.5 Å². The Kier molecular flexibility index (Phi) is 4.84. The van der Waals surface area contributed by atoms with E-state index in [-0.39, 0.29) is 11.4 Å². The van der Waals surface area contributed by atoms with Crippen molar-refractivity contribution >= 4 is 11.6 Å². The second kappa shape index (κ2) is 7.02. The van der Waals surface area contributed by atoms with E-state index in [0.717, 1.165) is 32.4 Å². The van der Waals surface area contributed by atoms with Crippen LogP contribution in [-0.4, -0.2) is 33.2 Å². The maximum atomic E-state index is 6.05. The highest BCUT2D eigenvalue weighted by molar-refractivity contribution is 6.28. The number of nitrogens with zero attached hydrogens (tertiary/aromatic N) is 4. The van der Waals surface area contributed by atoms with E-state index in [1.165, 1.54) is 0 Å². The van der Waals surface area contributed by atoms with Gasteiger partial charge in [0.05, 0.1) is 12.4 Å². The zero-order chi connectivity index (χ0) is 15.4. The number of nitrogens with one attached hydrogen (secondary N) is 1. The summed E-state index contributed by atoms with van der Waals surface area (Å²) in [4.78, 5) is 12.3. The van der Waals surface area contributed by atoms with Crippen molar-refractivity contribution in [3.63, 3.8) is 0 Å². The van der Waals surface area contributed by atoms with E-state index in [4.69, 9.17) is 20.9 Å². The van der Waals surface area contributed by atoms with Gasteiger partial charge in [-0.25, -0.2) is 9.97 Å². The molecule has 1 fully saturated rings. The van der Waals surface area contributed by atoms with Crippen LogP contribution in [0.1, 0.15) is 37.6 Å². The fourth-order valence-corrected chi connectivity index (χ4v) is 2.63. The Morgan fingerprint density at radius 2 is 2.09 bits per heavy atom. The van der Waals surface area contributed by atoms with Gasteiger partial charge in [0, 0.05) is 12.3 Å². The summed E-state index contributed by atoms with van der Waals surface area (Å²) >= 11 is 5.71. The van der Waals surface area contributed by atoms with Crippen molar-refractivity contribution in [2.45, 2.75) is 32.3 Å². The van der Waals surface area contributed by atoms with Crippen molar-refractivity contribution in [2.75, 3.05) is 13.1 Å². The molecule has 2 aromatic heterocycles. The lowest BCUT2D eigenvalue weighted by atomic mass is 9.92. The third kappa shape index (κ3) is 3.53. The van der Waals surface area contributed by atoms with Crippen LogP contribution in [-0.2, 0) is 6.42 Å². The largest absolute Gasteiger partial charge is 0.477 e. The van der Waals surface area contributed by atoms with E-state index in [2.05, 4.69) is 25.4 Å². The smallest absolute Gasteiger partial charge is 0.268 e. The van der Waals surface area contributed by atoms with Gasteiger partial charge in [-0.2, -0.15) is 4.98 Å². The van der Waals surface area contributed by atoms with Gasteiger partial charge < -0.3 is 14.6 Å². The van der Waals surface area contributed by atoms with Gasteiger partial charge in [0.15, 0.2) is 17.7 Å². The Balaban J connectivity index is 1.82. The fraction of sp³-hybridized carbons (Fsp3) is 0.571. The fourth-order valence-electron chi connectivity index (χ4n) is 2.53. The lowest BCUT2D eigenvalue weighted by Crippen LogP contribution is -2.33. The van der Waals surface area contributed by atoms with Gasteiger partial charge >= 0.3 is 0 Å². The molecule has 0 amide bonds. The molecule has 1 unspecified atom stereocenters. The van der Waals surface area contributed by atoms with E-state index in [9.17, 15) is 0 Å². The second-order valence-corrected chi connectivity index (χ2v) is 5.55. The molecule has 1 N–H and O–H groups in total. The molecule has 8 heteroatoms. The highest BCUT2D eigenvalue weighted by atomic mass is 35.5. The summed E-state index contributed by atoms with van der Waals surface area (Å²) in [5, 5.41) is 7.51. The maximum absolute atomic E-state index is 6.05. The Hall–Kier alpha value is -1.73. The average Bonchev–Trinajstić information content (AvgIpc) is 3.04. The van der Waals surface area contributed by atoms with Crippen LogP contribution in [0.25, 0.3) is 0 Å². The SMILES string of the molecule is CCc1noc(C(Oc2cnc(Cl)nc2)C2CCNCC2)n1. The molecule has 118 valence electrons. The molecule has 0 aromatic carbocycles. The highest BCUT2D eigenvalue weighted by Crippen LogP contribution is 2.32. The first-order valence-corrected chi connectivity index (χ1v) is 7.81. The van der Waals surface area contributed by atoms with Crippen molar-refractivity contribution in [1.29, 1.82) is 0 Å². The van der Waals surface area contributed by atoms with Crippen LogP contribution >= 0.6 is 11.6 Å². The average molecular weight is 324 g/mol. The molecule has 22 heavy (non-hydrogen) atoms. The third-order valence-corrected chi connectivity index (χ3v) is 3.91. The molecule has 0 aliphatic carbocycles. The zero-order valence-electron chi connectivity index (χ0n) is 12.3. The molecular weight excluding hydrogens is 306 g/mol. The Morgan fingerprint density at radius 1 is 1.36 bits per heavy atom. The summed E-state index contributed by atoms with van der Waals surface area (Å²) in [5.41, 5.74) is 0. The molecule has 0 saturated carbocycles. The first kappa shape index (κ1) is 15.2. The van der Waals surface area contributed by atoms with Crippen LogP contribution in [0.2, 0.25) is 5.28 Å². The predicted octanol–water partition coefficient (Wildman–Crippen LogP) is 2.20. The van der Waals surface area contributed by atoms with Gasteiger partial charge in [0.1, 0.15) is 0 Å². The summed E-state index contributed by atoms with van der Waals surface area (Å²) in [6.07, 6.45) is 5.53. The standard InChI is InChI=1S/C14H18ClN5O2/c1-2-11-19-13(22-20-11)12(9-3-5-16-6-4-9)21-10-7-17-14(15)18-8-10/h7-9,12,16H,2-6H2,1H3. The number of hydrogen-bond donors (Lipinski definition) is 1. The molecule has 0 spiro atoms. The van der Waals surface area contributed by atoms with Gasteiger partial charge in [-0.3, -0.25) is 0 Å². The summed E-state index contributed by atoms with van der Waals surface area (Å²) in [6.45, 7) is 3.90. The van der Waals surface area contributed by atoms with E-state index in [0.29, 0.717) is 23.4 Å². The van der Waals surface area contributed by atoms with Gasteiger partial charge in [-0.15, -0.1) is 0 Å². The van der Waals surface area contributed by atoms with Crippen molar-refractivity contribution < 1.29 is 9.26 Å². The highest BCUT2D eigenvalue weighted by Gasteiger charge is 2.31. The Labute approximate surface area is 133 Å². The number of piperidine rings is 1. The number of aromatic nitrogens is 4. The third-order valence-electron chi connectivity index (χ3n) is 3.72. The lowest BCUT2D eigenvalue weighted by molar-refractivity contribution is 0.0800. The van der Waals surface area contributed by atoms with Crippen LogP contribution < -0.4 is 10.1 Å². The molecule has 1 aliphatic heterocycles. The van der Waals surface area contributed by atoms with Crippen LogP contribution in [0.3, 0.4) is 0 Å². The quantitative estimate of drug-likeness (QED) is 0.844. The minimum Gasteiger partial charge on any atom is -0.477 e. The van der Waals surface area contributed by atoms with Crippen molar-refractivity contribution in [3.8, 4) is 5.75 Å². The molecule has 2 aromatic rings. The summed E-state index contributed by atoms with van der Waals surface area (Å²) < 4.78 is 11.4. The molecule has 1 saturated heterocycles. The summed E-state index contributed by atoms with van der Waals surface area (Å²) in [6, 6.07) is 0. The van der Waals surface area contributed by atoms with E-state index in [1.807, 2.05) is 6.92 Å². The maximum Gasteiger partial charge on any atom is 0.268 e. The van der Waals surface area contributed by atoms with E-state index >= 15 is 0 Å². The monoisotopic (exact) mass is 323 g/mol. The van der Waals surface area contributed by atoms with Crippen LogP contribution in [0.4, 0.5) is 0 Å². The molecule has 3 heterocycles. The zero-order valence-corrected chi connectivity index (χ0v) is 13.1. The van der Waals surface area contributed by atoms with Gasteiger partial charge in [-0.1, -0.05) is 12.1 Å². The van der Waals surface area contributed by atoms with Gasteiger partial charge in [0.25, 0.3) is 5.89 Å². The van der Waals surface area contributed by atoms with Crippen LogP contribution in [0, 0.1) is 5.92 Å². The topological polar surface area (TPSA) is 86.0 Å². The van der Waals surface area contributed by atoms with Crippen molar-refractivity contribution in [1.82, 2.24) is 25.4 Å². The van der Waals surface area contributed by atoms with E-state index < -0.39 is 0 Å². The summed E-state index contributed by atoms with van der Waals surface area (Å²) in [7, 11) is 0. The predicted molar refractivity (Wildman–Crippen MR) is 79.7 cm³/mol. The van der Waals surface area contributed by atoms with Crippen molar-refractivity contribution in [3.05, 3.63) is 29.4 Å². The Morgan fingerprint density at radius 3 is 2.73 bits per heavy atom. The number of aryl methyl sites for hydroxylation is 1. The number of halogens is 1. The molecule has 0 radical (unpaired) electrons. The molecule has 3 rings (SSSR count). The lowest BCUT2D eigenvalue weighted by Gasteiger charge is -2.28. The molecule has 7 nitrogen and oxygen atoms in total. The van der Waals surface area contributed by atoms with E-state index in [1.54, 1.807) is 12.4 Å². The molecule has 1 atom stereocenters. The number of hydrogen-bond acceptors (Lipinski definition) is 7. The van der Waals surface area contributed by atoms with Crippen LogP contribution in [0.5, 0.6) is 5.75 Å². The first-order valence-electron chi connectivity index (χ1n) is 7.43. The van der Waals surface area contributed by atoms with Crippen molar-refractivity contribution in [2.24, 2.45) is 5.92 Å². The number of rotatable bonds is 5. The number of ether oxygens (including phenoxy) is 1. The van der Waals surface area contributed by atoms with Crippen LogP contribution in [0.15, 0.2) is 16.9 Å². The molecular formula is C14H18ClN5O2. The minimum absolute atomic E-state index is 0.192.